The molecule has 2 rings (SSSR count). The molecule has 1 aliphatic heterocycles. The van der Waals surface area contributed by atoms with Gasteiger partial charge in [-0.25, -0.2) is 17.9 Å². The Kier molecular flexibility index (Phi) is 6.66. The fourth-order valence-corrected chi connectivity index (χ4v) is 3.13. The first-order valence-corrected chi connectivity index (χ1v) is 7.88. The maximum Gasteiger partial charge on any atom is 0.341 e. The van der Waals surface area contributed by atoms with Gasteiger partial charge in [-0.2, -0.15) is 0 Å². The molecule has 0 amide bonds. The number of hydrogen-bond acceptors (Lipinski definition) is 6. The van der Waals surface area contributed by atoms with Crippen LogP contribution in [0.4, 0.5) is 0 Å². The fraction of sp³-hybridized carbons (Fsp3) is 0.583. The van der Waals surface area contributed by atoms with Gasteiger partial charge in [0.2, 0.25) is 5.09 Å². The number of furan rings is 1. The minimum atomic E-state index is -3.73. The molecule has 0 saturated carbocycles. The third-order valence-electron chi connectivity index (χ3n) is 3.22. The Bertz CT molecular complexity index is 566. The molecular formula is C12H19ClN2O5S. The van der Waals surface area contributed by atoms with E-state index in [4.69, 9.17) is 4.42 Å². The summed E-state index contributed by atoms with van der Waals surface area (Å²) < 4.78 is 36.0. The number of methoxy groups -OCH3 is 1. The normalized spacial score (nSPS) is 18.8. The number of rotatable bonds is 5. The van der Waals surface area contributed by atoms with E-state index in [2.05, 4.69) is 14.8 Å². The van der Waals surface area contributed by atoms with Crippen LogP contribution in [0.25, 0.3) is 0 Å². The van der Waals surface area contributed by atoms with Gasteiger partial charge in [0.25, 0.3) is 10.0 Å². The predicted octanol–water partition coefficient (Wildman–Crippen LogP) is 0.766. The average Bonchev–Trinajstić information content (AvgIpc) is 2.96. The van der Waals surface area contributed by atoms with Crippen LogP contribution in [0, 0.1) is 5.92 Å². The van der Waals surface area contributed by atoms with Crippen molar-refractivity contribution < 1.29 is 22.4 Å². The molecule has 9 heteroatoms. The van der Waals surface area contributed by atoms with Gasteiger partial charge < -0.3 is 14.5 Å². The molecule has 0 aromatic carbocycles. The number of nitrogens with one attached hydrogen (secondary N) is 2. The van der Waals surface area contributed by atoms with Crippen molar-refractivity contribution in [2.45, 2.75) is 17.9 Å². The Balaban J connectivity index is 0.00000220. The average molecular weight is 339 g/mol. The van der Waals surface area contributed by atoms with Gasteiger partial charge in [0.05, 0.1) is 12.7 Å². The summed E-state index contributed by atoms with van der Waals surface area (Å²) >= 11 is 0. The number of esters is 1. The highest BCUT2D eigenvalue weighted by Crippen LogP contribution is 2.15. The Morgan fingerprint density at radius 1 is 1.57 bits per heavy atom. The van der Waals surface area contributed by atoms with Crippen LogP contribution >= 0.6 is 12.4 Å². The van der Waals surface area contributed by atoms with Gasteiger partial charge in [-0.3, -0.25) is 0 Å². The van der Waals surface area contributed by atoms with E-state index in [1.165, 1.54) is 7.11 Å². The molecule has 7 nitrogen and oxygen atoms in total. The SMILES string of the molecule is COC(=O)c1coc(S(=O)(=O)NCC2CCCNC2)c1.Cl. The van der Waals surface area contributed by atoms with Crippen LogP contribution < -0.4 is 10.0 Å². The number of carbonyl (C=O) groups excluding carboxylic acids is 1. The molecule has 0 aliphatic carbocycles. The summed E-state index contributed by atoms with van der Waals surface area (Å²) in [6, 6.07) is 1.16. The Morgan fingerprint density at radius 2 is 2.33 bits per heavy atom. The molecule has 0 spiro atoms. The number of carbonyl (C=O) groups is 1. The van der Waals surface area contributed by atoms with E-state index in [1.807, 2.05) is 0 Å². The first kappa shape index (κ1) is 18.0. The number of ether oxygens (including phenoxy) is 1. The topological polar surface area (TPSA) is 97.6 Å². The van der Waals surface area contributed by atoms with E-state index in [1.54, 1.807) is 0 Å². The summed E-state index contributed by atoms with van der Waals surface area (Å²) in [5, 5.41) is 2.94. The van der Waals surface area contributed by atoms with Crippen LogP contribution in [0.2, 0.25) is 0 Å². The van der Waals surface area contributed by atoms with Crippen molar-refractivity contribution in [1.82, 2.24) is 10.0 Å². The van der Waals surface area contributed by atoms with Gasteiger partial charge in [-0.15, -0.1) is 12.4 Å². The van der Waals surface area contributed by atoms with E-state index in [0.29, 0.717) is 6.54 Å². The van der Waals surface area contributed by atoms with E-state index in [-0.39, 0.29) is 29.0 Å². The van der Waals surface area contributed by atoms with E-state index in [9.17, 15) is 13.2 Å². The molecule has 1 fully saturated rings. The minimum absolute atomic E-state index is 0. The molecule has 1 aliphatic rings. The molecule has 1 aromatic rings. The number of sulfonamides is 1. The van der Waals surface area contributed by atoms with E-state index in [0.717, 1.165) is 38.3 Å². The predicted molar refractivity (Wildman–Crippen MR) is 78.1 cm³/mol. The number of hydrogen-bond donors (Lipinski definition) is 2. The second-order valence-corrected chi connectivity index (χ2v) is 6.41. The van der Waals surface area contributed by atoms with E-state index < -0.39 is 16.0 Å². The number of piperidine rings is 1. The fourth-order valence-electron chi connectivity index (χ4n) is 2.08. The van der Waals surface area contributed by atoms with Crippen LogP contribution in [0.5, 0.6) is 0 Å². The van der Waals surface area contributed by atoms with Crippen LogP contribution in [-0.4, -0.2) is 41.1 Å². The van der Waals surface area contributed by atoms with Crippen LogP contribution in [0.15, 0.2) is 21.8 Å². The van der Waals surface area contributed by atoms with Crippen molar-refractivity contribution in [2.24, 2.45) is 5.92 Å². The molecule has 1 saturated heterocycles. The van der Waals surface area contributed by atoms with Gasteiger partial charge in [0, 0.05) is 12.6 Å². The monoisotopic (exact) mass is 338 g/mol. The van der Waals surface area contributed by atoms with Crippen LogP contribution in [0.1, 0.15) is 23.2 Å². The highest BCUT2D eigenvalue weighted by Gasteiger charge is 2.23. The van der Waals surface area contributed by atoms with Gasteiger partial charge >= 0.3 is 5.97 Å². The first-order chi connectivity index (χ1) is 9.53. The minimum Gasteiger partial charge on any atom is -0.465 e. The summed E-state index contributed by atoms with van der Waals surface area (Å²) in [5.41, 5.74) is 0.0761. The van der Waals surface area contributed by atoms with Crippen molar-refractivity contribution in [3.63, 3.8) is 0 Å². The molecule has 120 valence electrons. The van der Waals surface area contributed by atoms with E-state index >= 15 is 0 Å². The van der Waals surface area contributed by atoms with Crippen LogP contribution in [0.3, 0.4) is 0 Å². The second-order valence-electron chi connectivity index (χ2n) is 4.71. The summed E-state index contributed by atoms with van der Waals surface area (Å²) in [5.74, 6) is -0.361. The molecule has 2 N–H and O–H groups in total. The van der Waals surface area contributed by atoms with Crippen molar-refractivity contribution in [2.75, 3.05) is 26.7 Å². The molecule has 0 bridgehead atoms. The largest absolute Gasteiger partial charge is 0.465 e. The summed E-state index contributed by atoms with van der Waals surface area (Å²) in [6.07, 6.45) is 3.10. The zero-order valence-electron chi connectivity index (χ0n) is 11.6. The van der Waals surface area contributed by atoms with Gasteiger partial charge in [-0.05, 0) is 31.8 Å². The van der Waals surface area contributed by atoms with Gasteiger partial charge in [-0.1, -0.05) is 0 Å². The smallest absolute Gasteiger partial charge is 0.341 e. The van der Waals surface area contributed by atoms with Gasteiger partial charge in [0.1, 0.15) is 6.26 Å². The molecule has 1 unspecified atom stereocenters. The first-order valence-electron chi connectivity index (χ1n) is 6.40. The Hall–Kier alpha value is -1.09. The summed E-state index contributed by atoms with van der Waals surface area (Å²) in [7, 11) is -2.51. The Morgan fingerprint density at radius 3 is 2.95 bits per heavy atom. The maximum absolute atomic E-state index is 12.0. The molecule has 21 heavy (non-hydrogen) atoms. The summed E-state index contributed by atoms with van der Waals surface area (Å²) in [4.78, 5) is 11.3. The highest BCUT2D eigenvalue weighted by atomic mass is 35.5. The zero-order chi connectivity index (χ0) is 14.6. The third-order valence-corrected chi connectivity index (χ3v) is 4.51. The van der Waals surface area contributed by atoms with Crippen molar-refractivity contribution in [3.8, 4) is 0 Å². The molecule has 1 aromatic heterocycles. The lowest BCUT2D eigenvalue weighted by atomic mass is 10.0. The standard InChI is InChI=1S/C12H18N2O5S.ClH/c1-18-12(15)10-5-11(19-8-10)20(16,17)14-7-9-3-2-4-13-6-9;/h5,8-9,13-14H,2-4,6-7H2,1H3;1H. The van der Waals surface area contributed by atoms with Crippen LogP contribution in [-0.2, 0) is 14.8 Å². The quantitative estimate of drug-likeness (QED) is 0.769. The lowest BCUT2D eigenvalue weighted by Crippen LogP contribution is -2.38. The van der Waals surface area contributed by atoms with Gasteiger partial charge in [0.15, 0.2) is 0 Å². The molecule has 2 heterocycles. The lowest BCUT2D eigenvalue weighted by Gasteiger charge is -2.22. The second kappa shape index (κ2) is 7.79. The van der Waals surface area contributed by atoms with Crippen molar-refractivity contribution >= 4 is 28.4 Å². The van der Waals surface area contributed by atoms with Crippen molar-refractivity contribution in [3.05, 3.63) is 17.9 Å². The summed E-state index contributed by atoms with van der Waals surface area (Å²) in [6.45, 7) is 2.13. The van der Waals surface area contributed by atoms with Crippen molar-refractivity contribution in [1.29, 1.82) is 0 Å². The lowest BCUT2D eigenvalue weighted by molar-refractivity contribution is 0.0600. The molecule has 1 atom stereocenters. The Labute approximate surface area is 129 Å². The molecule has 0 radical (unpaired) electrons. The number of halogens is 1. The zero-order valence-corrected chi connectivity index (χ0v) is 13.3. The maximum atomic E-state index is 12.0. The highest BCUT2D eigenvalue weighted by molar-refractivity contribution is 7.89. The molecular weight excluding hydrogens is 320 g/mol. The third kappa shape index (κ3) is 4.70.